The smallest absolute Gasteiger partial charge is 0.230 e. The Bertz CT molecular complexity index is 746. The summed E-state index contributed by atoms with van der Waals surface area (Å²) in [4.78, 5) is 26.7. The first-order chi connectivity index (χ1) is 12.2. The van der Waals surface area contributed by atoms with Gasteiger partial charge in [0.2, 0.25) is 11.8 Å². The molecule has 0 spiro atoms. The van der Waals surface area contributed by atoms with Crippen molar-refractivity contribution in [3.05, 3.63) is 65.7 Å². The summed E-state index contributed by atoms with van der Waals surface area (Å²) in [7, 11) is 0. The first-order valence-corrected chi connectivity index (χ1v) is 8.51. The van der Waals surface area contributed by atoms with Gasteiger partial charge in [0.1, 0.15) is 0 Å². The molecule has 2 aromatic rings. The van der Waals surface area contributed by atoms with Gasteiger partial charge in [-0.25, -0.2) is 0 Å². The van der Waals surface area contributed by atoms with Gasteiger partial charge in [-0.1, -0.05) is 48.5 Å². The molecule has 3 rings (SSSR count). The molecule has 2 amide bonds. The van der Waals surface area contributed by atoms with Crippen LogP contribution in [-0.4, -0.2) is 41.5 Å². The molecule has 1 aliphatic rings. The topological polar surface area (TPSA) is 69.6 Å². The summed E-state index contributed by atoms with van der Waals surface area (Å²) >= 11 is 0. The van der Waals surface area contributed by atoms with Crippen LogP contribution in [0.3, 0.4) is 0 Å². The van der Waals surface area contributed by atoms with Crippen LogP contribution in [0.4, 0.5) is 5.69 Å². The molecule has 0 bridgehead atoms. The molecule has 0 saturated carbocycles. The molecule has 0 aromatic heterocycles. The van der Waals surface area contributed by atoms with E-state index < -0.39 is 5.92 Å². The lowest BCUT2D eigenvalue weighted by Gasteiger charge is -2.30. The van der Waals surface area contributed by atoms with Crippen LogP contribution in [0.5, 0.6) is 0 Å². The third-order valence-corrected chi connectivity index (χ3v) is 4.49. The molecule has 130 valence electrons. The van der Waals surface area contributed by atoms with Crippen molar-refractivity contribution in [1.82, 2.24) is 4.90 Å². The number of carbonyl (C=O) groups excluding carboxylic acids is 2. The van der Waals surface area contributed by atoms with Crippen molar-refractivity contribution >= 4 is 17.5 Å². The minimum Gasteiger partial charge on any atom is -0.395 e. The fraction of sp³-hybridized carbons (Fsp3) is 0.300. The number of aliphatic hydroxyl groups excluding tert-OH is 1. The molecule has 2 N–H and O–H groups in total. The first-order valence-electron chi connectivity index (χ1n) is 8.51. The van der Waals surface area contributed by atoms with Crippen LogP contribution in [0.1, 0.15) is 23.5 Å². The second kappa shape index (κ2) is 7.94. The van der Waals surface area contributed by atoms with Crippen LogP contribution in [0.2, 0.25) is 0 Å². The van der Waals surface area contributed by atoms with Crippen molar-refractivity contribution < 1.29 is 14.7 Å². The zero-order valence-corrected chi connectivity index (χ0v) is 14.0. The average molecular weight is 338 g/mol. The predicted octanol–water partition coefficient (Wildman–Crippen LogP) is 2.18. The SMILES string of the molecule is O=C1CC(C(=O)N(CCO)CCc2ccccc2)c2ccccc2N1. The van der Waals surface area contributed by atoms with Gasteiger partial charge in [-0.3, -0.25) is 9.59 Å². The Morgan fingerprint density at radius 1 is 1.08 bits per heavy atom. The van der Waals surface area contributed by atoms with E-state index in [4.69, 9.17) is 0 Å². The quantitative estimate of drug-likeness (QED) is 0.848. The molecule has 1 aliphatic heterocycles. The van der Waals surface area contributed by atoms with Gasteiger partial charge in [0.05, 0.1) is 12.5 Å². The van der Waals surface area contributed by atoms with Crippen LogP contribution in [-0.2, 0) is 16.0 Å². The Morgan fingerprint density at radius 3 is 2.56 bits per heavy atom. The largest absolute Gasteiger partial charge is 0.395 e. The number of para-hydroxylation sites is 1. The van der Waals surface area contributed by atoms with Crippen LogP contribution < -0.4 is 5.32 Å². The van der Waals surface area contributed by atoms with E-state index in [0.717, 1.165) is 11.1 Å². The minimum absolute atomic E-state index is 0.0961. The fourth-order valence-electron chi connectivity index (χ4n) is 3.21. The number of fused-ring (bicyclic) bond motifs is 1. The Morgan fingerprint density at radius 2 is 1.80 bits per heavy atom. The standard InChI is InChI=1S/C20H22N2O3/c23-13-12-22(11-10-15-6-2-1-3-7-15)20(25)17-14-19(24)21-18-9-5-4-8-16(17)18/h1-9,17,23H,10-14H2,(H,21,24). The summed E-state index contributed by atoms with van der Waals surface area (Å²) in [5, 5.41) is 12.2. The lowest BCUT2D eigenvalue weighted by atomic mass is 9.89. The summed E-state index contributed by atoms with van der Waals surface area (Å²) in [6, 6.07) is 17.3. The second-order valence-corrected chi connectivity index (χ2v) is 6.18. The number of amides is 2. The highest BCUT2D eigenvalue weighted by atomic mass is 16.3. The average Bonchev–Trinajstić information content (AvgIpc) is 2.64. The number of nitrogens with one attached hydrogen (secondary N) is 1. The molecule has 2 aromatic carbocycles. The van der Waals surface area contributed by atoms with Crippen LogP contribution in [0.25, 0.3) is 0 Å². The zero-order valence-electron chi connectivity index (χ0n) is 14.0. The molecule has 1 atom stereocenters. The van der Waals surface area contributed by atoms with E-state index in [2.05, 4.69) is 5.32 Å². The lowest BCUT2D eigenvalue weighted by molar-refractivity contribution is -0.135. The van der Waals surface area contributed by atoms with Crippen molar-refractivity contribution in [2.45, 2.75) is 18.8 Å². The van der Waals surface area contributed by atoms with Gasteiger partial charge >= 0.3 is 0 Å². The summed E-state index contributed by atoms with van der Waals surface area (Å²) < 4.78 is 0. The first kappa shape index (κ1) is 17.2. The van der Waals surface area contributed by atoms with Crippen molar-refractivity contribution in [2.75, 3.05) is 25.0 Å². The zero-order chi connectivity index (χ0) is 17.6. The Balaban J connectivity index is 1.77. The van der Waals surface area contributed by atoms with Crippen molar-refractivity contribution in [3.8, 4) is 0 Å². The number of hydrogen-bond donors (Lipinski definition) is 2. The van der Waals surface area contributed by atoms with Crippen LogP contribution in [0, 0.1) is 0 Å². The number of nitrogens with zero attached hydrogens (tertiary/aromatic N) is 1. The molecule has 5 heteroatoms. The van der Waals surface area contributed by atoms with Crippen molar-refractivity contribution in [3.63, 3.8) is 0 Å². The maximum atomic E-state index is 13.1. The Labute approximate surface area is 147 Å². The maximum absolute atomic E-state index is 13.1. The minimum atomic E-state index is -0.493. The van der Waals surface area contributed by atoms with Gasteiger partial charge in [-0.15, -0.1) is 0 Å². The maximum Gasteiger partial charge on any atom is 0.230 e. The van der Waals surface area contributed by atoms with E-state index in [1.807, 2.05) is 54.6 Å². The third kappa shape index (κ3) is 4.06. The van der Waals surface area contributed by atoms with Crippen molar-refractivity contribution in [1.29, 1.82) is 0 Å². The highest BCUT2D eigenvalue weighted by Crippen LogP contribution is 2.33. The number of rotatable bonds is 6. The molecule has 0 aliphatic carbocycles. The van der Waals surface area contributed by atoms with E-state index >= 15 is 0 Å². The molecule has 0 radical (unpaired) electrons. The number of benzene rings is 2. The molecular formula is C20H22N2O3. The molecule has 1 unspecified atom stereocenters. The Kier molecular flexibility index (Phi) is 5.46. The molecule has 0 fully saturated rings. The number of hydrogen-bond acceptors (Lipinski definition) is 3. The second-order valence-electron chi connectivity index (χ2n) is 6.18. The van der Waals surface area contributed by atoms with E-state index in [-0.39, 0.29) is 31.4 Å². The highest BCUT2D eigenvalue weighted by Gasteiger charge is 2.33. The molecule has 1 heterocycles. The molecule has 0 saturated heterocycles. The number of anilines is 1. The molecule has 25 heavy (non-hydrogen) atoms. The van der Waals surface area contributed by atoms with E-state index in [1.54, 1.807) is 4.90 Å². The summed E-state index contributed by atoms with van der Waals surface area (Å²) in [6.07, 6.45) is 0.857. The van der Waals surface area contributed by atoms with E-state index in [9.17, 15) is 14.7 Å². The number of carbonyl (C=O) groups is 2. The summed E-state index contributed by atoms with van der Waals surface area (Å²) in [5.41, 5.74) is 2.68. The van der Waals surface area contributed by atoms with Crippen LogP contribution in [0.15, 0.2) is 54.6 Å². The lowest BCUT2D eigenvalue weighted by Crippen LogP contribution is -2.41. The molecule has 5 nitrogen and oxygen atoms in total. The van der Waals surface area contributed by atoms with Crippen molar-refractivity contribution in [2.24, 2.45) is 0 Å². The van der Waals surface area contributed by atoms with E-state index in [0.29, 0.717) is 18.7 Å². The Hall–Kier alpha value is -2.66. The van der Waals surface area contributed by atoms with Gasteiger partial charge in [-0.2, -0.15) is 0 Å². The fourth-order valence-corrected chi connectivity index (χ4v) is 3.21. The predicted molar refractivity (Wildman–Crippen MR) is 96.2 cm³/mol. The van der Waals surface area contributed by atoms with E-state index in [1.165, 1.54) is 0 Å². The van der Waals surface area contributed by atoms with Gasteiger partial charge < -0.3 is 15.3 Å². The third-order valence-electron chi connectivity index (χ3n) is 4.49. The highest BCUT2D eigenvalue weighted by molar-refractivity contribution is 6.01. The summed E-state index contributed by atoms with van der Waals surface area (Å²) in [5.74, 6) is -0.747. The normalized spacial score (nSPS) is 16.0. The van der Waals surface area contributed by atoms with Gasteiger partial charge in [-0.05, 0) is 23.6 Å². The van der Waals surface area contributed by atoms with Gasteiger partial charge in [0.25, 0.3) is 0 Å². The van der Waals surface area contributed by atoms with Gasteiger partial charge in [0, 0.05) is 25.2 Å². The van der Waals surface area contributed by atoms with Crippen LogP contribution >= 0.6 is 0 Å². The molecular weight excluding hydrogens is 316 g/mol. The monoisotopic (exact) mass is 338 g/mol. The summed E-state index contributed by atoms with van der Waals surface area (Å²) in [6.45, 7) is 0.691. The van der Waals surface area contributed by atoms with Gasteiger partial charge in [0.15, 0.2) is 0 Å². The number of aliphatic hydroxyl groups is 1.